The number of ether oxygens (including phenoxy) is 2. The van der Waals surface area contributed by atoms with E-state index in [1.165, 1.54) is 0 Å². The van der Waals surface area contributed by atoms with E-state index >= 15 is 0 Å². The zero-order valence-corrected chi connectivity index (χ0v) is 13.9. The maximum absolute atomic E-state index is 5.61. The van der Waals surface area contributed by atoms with Crippen LogP contribution in [0.3, 0.4) is 0 Å². The molecule has 1 aromatic heterocycles. The summed E-state index contributed by atoms with van der Waals surface area (Å²) in [5, 5.41) is 2.06. The van der Waals surface area contributed by atoms with Crippen molar-refractivity contribution in [3.05, 3.63) is 66.1 Å². The number of furan rings is 1. The number of nitrogens with zero attached hydrogens (tertiary/aromatic N) is 1. The molecule has 0 radical (unpaired) electrons. The summed E-state index contributed by atoms with van der Waals surface area (Å²) in [5.74, 6) is 0. The van der Waals surface area contributed by atoms with Gasteiger partial charge in [0.25, 0.3) is 0 Å². The molecule has 0 saturated heterocycles. The second-order valence-corrected chi connectivity index (χ2v) is 5.32. The van der Waals surface area contributed by atoms with Crippen LogP contribution in [-0.2, 0) is 9.47 Å². The van der Waals surface area contributed by atoms with Crippen molar-refractivity contribution in [3.63, 3.8) is 0 Å². The smallest absolute Gasteiger partial charge is 0.183 e. The minimum Gasteiger partial charge on any atom is -0.471 e. The van der Waals surface area contributed by atoms with Crippen LogP contribution in [-0.4, -0.2) is 19.4 Å². The molecule has 0 amide bonds. The molecule has 3 aromatic rings. The molecule has 0 spiro atoms. The van der Waals surface area contributed by atoms with Crippen LogP contribution >= 0.6 is 0 Å². The lowest BCUT2D eigenvalue weighted by Gasteiger charge is -2.17. The van der Waals surface area contributed by atoms with Gasteiger partial charge in [-0.15, -0.1) is 0 Å². The number of benzene rings is 2. The monoisotopic (exact) mass is 323 g/mol. The Hall–Kier alpha value is -2.43. The molecule has 0 bridgehead atoms. The van der Waals surface area contributed by atoms with Gasteiger partial charge in [-0.2, -0.15) is 0 Å². The molecule has 3 rings (SSSR count). The van der Waals surface area contributed by atoms with Crippen LogP contribution in [0.15, 0.2) is 64.4 Å². The normalized spacial score (nSPS) is 11.8. The van der Waals surface area contributed by atoms with Gasteiger partial charge >= 0.3 is 0 Å². The average Bonchev–Trinajstić information content (AvgIpc) is 3.09. The van der Waals surface area contributed by atoms with Crippen molar-refractivity contribution in [2.45, 2.75) is 20.1 Å². The van der Waals surface area contributed by atoms with Crippen molar-refractivity contribution in [2.24, 2.45) is 4.99 Å². The van der Waals surface area contributed by atoms with Crippen LogP contribution in [0.5, 0.6) is 0 Å². The van der Waals surface area contributed by atoms with Crippen molar-refractivity contribution in [2.75, 3.05) is 13.2 Å². The molecule has 24 heavy (non-hydrogen) atoms. The van der Waals surface area contributed by atoms with E-state index in [1.54, 1.807) is 12.5 Å². The second-order valence-electron chi connectivity index (χ2n) is 5.32. The van der Waals surface area contributed by atoms with Crippen molar-refractivity contribution in [1.29, 1.82) is 0 Å². The van der Waals surface area contributed by atoms with E-state index in [2.05, 4.69) is 4.99 Å². The summed E-state index contributed by atoms with van der Waals surface area (Å²) < 4.78 is 16.5. The van der Waals surface area contributed by atoms with Gasteiger partial charge in [-0.25, -0.2) is 0 Å². The van der Waals surface area contributed by atoms with Gasteiger partial charge < -0.3 is 13.9 Å². The molecule has 1 heterocycles. The third-order valence-corrected chi connectivity index (χ3v) is 3.70. The highest BCUT2D eigenvalue weighted by Gasteiger charge is 2.10. The van der Waals surface area contributed by atoms with Gasteiger partial charge in [0.1, 0.15) is 6.26 Å². The van der Waals surface area contributed by atoms with E-state index in [-0.39, 0.29) is 6.29 Å². The predicted octanol–water partition coefficient (Wildman–Crippen LogP) is 5.26. The van der Waals surface area contributed by atoms with E-state index in [1.807, 2.05) is 62.5 Å². The van der Waals surface area contributed by atoms with Crippen LogP contribution in [0, 0.1) is 0 Å². The number of fused-ring (bicyclic) bond motifs is 1. The molecule has 2 aromatic carbocycles. The van der Waals surface area contributed by atoms with Gasteiger partial charge in [-0.1, -0.05) is 36.4 Å². The molecule has 0 fully saturated rings. The Morgan fingerprint density at radius 3 is 2.46 bits per heavy atom. The van der Waals surface area contributed by atoms with Crippen molar-refractivity contribution in [3.8, 4) is 0 Å². The van der Waals surface area contributed by atoms with Gasteiger partial charge in [0.2, 0.25) is 0 Å². The van der Waals surface area contributed by atoms with Crippen LogP contribution in [0.1, 0.15) is 31.3 Å². The molecule has 0 unspecified atom stereocenters. The van der Waals surface area contributed by atoms with Gasteiger partial charge in [0.15, 0.2) is 6.29 Å². The highest BCUT2D eigenvalue weighted by Crippen LogP contribution is 2.26. The zero-order chi connectivity index (χ0) is 16.8. The summed E-state index contributed by atoms with van der Waals surface area (Å²) in [5.41, 5.74) is 2.92. The molecule has 0 N–H and O–H groups in total. The quantitative estimate of drug-likeness (QED) is 0.440. The fourth-order valence-corrected chi connectivity index (χ4v) is 2.52. The SMILES string of the molecule is CCOC(OCC)c1ccc(/C=N/c2cccc3cocc23)cc1. The molecule has 124 valence electrons. The number of rotatable bonds is 7. The van der Waals surface area contributed by atoms with Gasteiger partial charge in [0.05, 0.1) is 12.0 Å². The Balaban J connectivity index is 1.77. The molecule has 0 aliphatic rings. The molecule has 0 atom stereocenters. The van der Waals surface area contributed by atoms with Crippen molar-refractivity contribution in [1.82, 2.24) is 0 Å². The number of aliphatic imine (C=N–C) groups is 1. The third-order valence-electron chi connectivity index (χ3n) is 3.70. The topological polar surface area (TPSA) is 44.0 Å². The second kappa shape index (κ2) is 7.90. The fourth-order valence-electron chi connectivity index (χ4n) is 2.52. The van der Waals surface area contributed by atoms with Gasteiger partial charge in [-0.05, 0) is 25.5 Å². The number of hydrogen-bond donors (Lipinski definition) is 0. The fraction of sp³-hybridized carbons (Fsp3) is 0.250. The summed E-state index contributed by atoms with van der Waals surface area (Å²) >= 11 is 0. The molecule has 4 nitrogen and oxygen atoms in total. The maximum Gasteiger partial charge on any atom is 0.183 e. The maximum atomic E-state index is 5.61. The Bertz CT molecular complexity index is 799. The highest BCUT2D eigenvalue weighted by molar-refractivity contribution is 5.94. The Morgan fingerprint density at radius 2 is 1.75 bits per heavy atom. The van der Waals surface area contributed by atoms with E-state index in [0.29, 0.717) is 13.2 Å². The van der Waals surface area contributed by atoms with Gasteiger partial charge in [-0.3, -0.25) is 4.99 Å². The average molecular weight is 323 g/mol. The van der Waals surface area contributed by atoms with E-state index in [4.69, 9.17) is 13.9 Å². The van der Waals surface area contributed by atoms with E-state index < -0.39 is 0 Å². The Kier molecular flexibility index (Phi) is 5.41. The minimum absolute atomic E-state index is 0.314. The molecule has 0 saturated carbocycles. The molecular formula is C20H21NO3. The van der Waals surface area contributed by atoms with Crippen LogP contribution in [0.4, 0.5) is 5.69 Å². The summed E-state index contributed by atoms with van der Waals surface area (Å²) in [6.07, 6.45) is 4.98. The Morgan fingerprint density at radius 1 is 1.00 bits per heavy atom. The summed E-state index contributed by atoms with van der Waals surface area (Å²) in [7, 11) is 0. The first-order valence-electron chi connectivity index (χ1n) is 8.14. The summed E-state index contributed by atoms with van der Waals surface area (Å²) in [6, 6.07) is 14.0. The minimum atomic E-state index is -0.314. The van der Waals surface area contributed by atoms with Crippen molar-refractivity contribution < 1.29 is 13.9 Å². The first-order valence-corrected chi connectivity index (χ1v) is 8.14. The lowest BCUT2D eigenvalue weighted by atomic mass is 10.1. The first kappa shape index (κ1) is 16.4. The molecule has 4 heteroatoms. The molecule has 0 aliphatic carbocycles. The Labute approximate surface area is 141 Å². The third kappa shape index (κ3) is 3.72. The number of hydrogen-bond acceptors (Lipinski definition) is 4. The van der Waals surface area contributed by atoms with Crippen LogP contribution < -0.4 is 0 Å². The largest absolute Gasteiger partial charge is 0.471 e. The predicted molar refractivity (Wildman–Crippen MR) is 95.9 cm³/mol. The lowest BCUT2D eigenvalue weighted by Crippen LogP contribution is -2.08. The lowest BCUT2D eigenvalue weighted by molar-refractivity contribution is -0.140. The van der Waals surface area contributed by atoms with E-state index in [0.717, 1.165) is 27.6 Å². The zero-order valence-electron chi connectivity index (χ0n) is 13.9. The summed E-state index contributed by atoms with van der Waals surface area (Å²) in [4.78, 5) is 4.58. The van der Waals surface area contributed by atoms with Crippen LogP contribution in [0.2, 0.25) is 0 Å². The highest BCUT2D eigenvalue weighted by atomic mass is 16.7. The first-order chi connectivity index (χ1) is 11.8. The standard InChI is InChI=1S/C20H21NO3/c1-3-23-20(24-4-2)16-10-8-15(9-11-16)12-21-19-7-5-6-17-13-22-14-18(17)19/h5-14,20H,3-4H2,1-2H3/b21-12+. The summed E-state index contributed by atoms with van der Waals surface area (Å²) in [6.45, 7) is 5.15. The van der Waals surface area contributed by atoms with E-state index in [9.17, 15) is 0 Å². The van der Waals surface area contributed by atoms with Crippen molar-refractivity contribution >= 4 is 22.7 Å². The molecule has 0 aliphatic heterocycles. The van der Waals surface area contributed by atoms with Gasteiger partial charge in [0, 0.05) is 35.8 Å². The molecular weight excluding hydrogens is 302 g/mol. The van der Waals surface area contributed by atoms with Crippen LogP contribution in [0.25, 0.3) is 10.8 Å².